The van der Waals surface area contributed by atoms with E-state index in [1.54, 1.807) is 0 Å². The molecule has 8 heteroatoms. The highest BCUT2D eigenvalue weighted by atomic mass is 16.7. The van der Waals surface area contributed by atoms with Crippen LogP contribution in [0.3, 0.4) is 0 Å². The predicted octanol–water partition coefficient (Wildman–Crippen LogP) is 1.73. The SMILES string of the molecule is CNC(=O)NC(=O)[C@H](c1ccccc1)N1CCN(Cc2ccc3c(c2)OCO3)CC1. The summed E-state index contributed by atoms with van der Waals surface area (Å²) in [5, 5.41) is 4.87. The maximum atomic E-state index is 12.8. The third-order valence-electron chi connectivity index (χ3n) is 5.44. The smallest absolute Gasteiger partial charge is 0.321 e. The summed E-state index contributed by atoms with van der Waals surface area (Å²) < 4.78 is 10.8. The summed E-state index contributed by atoms with van der Waals surface area (Å²) in [5.41, 5.74) is 2.05. The molecule has 1 atom stereocenters. The number of carbonyl (C=O) groups is 2. The van der Waals surface area contributed by atoms with Crippen molar-refractivity contribution in [2.45, 2.75) is 12.6 Å². The second-order valence-corrected chi connectivity index (χ2v) is 7.38. The number of fused-ring (bicyclic) bond motifs is 1. The standard InChI is InChI=1S/C22H26N4O4/c1-23-22(28)24-21(27)20(17-5-3-2-4-6-17)26-11-9-25(10-12-26)14-16-7-8-18-19(13-16)30-15-29-18/h2-8,13,20H,9-12,14-15H2,1H3,(H2,23,24,27,28)/t20-/m0/s1. The van der Waals surface area contributed by atoms with Gasteiger partial charge in [-0.15, -0.1) is 0 Å². The number of hydrogen-bond donors (Lipinski definition) is 2. The van der Waals surface area contributed by atoms with Crippen molar-refractivity contribution in [3.63, 3.8) is 0 Å². The van der Waals surface area contributed by atoms with Crippen molar-refractivity contribution in [2.24, 2.45) is 0 Å². The number of ether oxygens (including phenoxy) is 2. The van der Waals surface area contributed by atoms with E-state index in [0.29, 0.717) is 0 Å². The summed E-state index contributed by atoms with van der Waals surface area (Å²) in [6, 6.07) is 14.6. The molecule has 0 aliphatic carbocycles. The number of carbonyl (C=O) groups excluding carboxylic acids is 2. The summed E-state index contributed by atoms with van der Waals surface area (Å²) in [7, 11) is 1.50. The molecule has 2 heterocycles. The molecular weight excluding hydrogens is 384 g/mol. The van der Waals surface area contributed by atoms with Crippen LogP contribution in [0.2, 0.25) is 0 Å². The van der Waals surface area contributed by atoms with Gasteiger partial charge in [0.1, 0.15) is 6.04 Å². The second kappa shape index (κ2) is 9.15. The van der Waals surface area contributed by atoms with Crippen LogP contribution < -0.4 is 20.1 Å². The Morgan fingerprint density at radius 1 is 1.00 bits per heavy atom. The first kappa shape index (κ1) is 20.2. The number of nitrogens with one attached hydrogen (secondary N) is 2. The summed E-state index contributed by atoms with van der Waals surface area (Å²) in [4.78, 5) is 29.0. The number of piperazine rings is 1. The first-order valence-corrected chi connectivity index (χ1v) is 10.1. The van der Waals surface area contributed by atoms with Crippen LogP contribution in [-0.2, 0) is 11.3 Å². The van der Waals surface area contributed by atoms with Gasteiger partial charge in [-0.25, -0.2) is 4.79 Å². The molecule has 2 N–H and O–H groups in total. The Labute approximate surface area is 175 Å². The molecule has 1 saturated heterocycles. The molecule has 2 aliphatic rings. The molecule has 2 aliphatic heterocycles. The van der Waals surface area contributed by atoms with E-state index in [1.807, 2.05) is 42.5 Å². The molecule has 1 fully saturated rings. The van der Waals surface area contributed by atoms with Crippen LogP contribution in [0, 0.1) is 0 Å². The molecule has 4 rings (SSSR count). The highest BCUT2D eigenvalue weighted by Crippen LogP contribution is 2.33. The van der Waals surface area contributed by atoms with Crippen LogP contribution in [0.25, 0.3) is 0 Å². The van der Waals surface area contributed by atoms with Gasteiger partial charge in [-0.05, 0) is 23.3 Å². The van der Waals surface area contributed by atoms with Gasteiger partial charge in [0.05, 0.1) is 0 Å². The lowest BCUT2D eigenvalue weighted by Crippen LogP contribution is -2.52. The van der Waals surface area contributed by atoms with Gasteiger partial charge in [0.25, 0.3) is 0 Å². The molecule has 0 bridgehead atoms. The molecule has 0 radical (unpaired) electrons. The van der Waals surface area contributed by atoms with E-state index in [0.717, 1.165) is 49.8 Å². The molecular formula is C22H26N4O4. The number of benzene rings is 2. The molecule has 2 aromatic carbocycles. The fourth-order valence-electron chi connectivity index (χ4n) is 3.88. The van der Waals surface area contributed by atoms with Crippen LogP contribution in [0.4, 0.5) is 4.79 Å². The average Bonchev–Trinajstić information content (AvgIpc) is 3.24. The van der Waals surface area contributed by atoms with Crippen molar-refractivity contribution in [2.75, 3.05) is 40.0 Å². The number of urea groups is 1. The molecule has 0 spiro atoms. The molecule has 0 unspecified atom stereocenters. The van der Waals surface area contributed by atoms with Gasteiger partial charge in [0.2, 0.25) is 12.7 Å². The lowest BCUT2D eigenvalue weighted by atomic mass is 10.0. The maximum Gasteiger partial charge on any atom is 0.321 e. The Balaban J connectivity index is 1.41. The second-order valence-electron chi connectivity index (χ2n) is 7.38. The van der Waals surface area contributed by atoms with Gasteiger partial charge >= 0.3 is 6.03 Å². The van der Waals surface area contributed by atoms with Crippen LogP contribution in [0.15, 0.2) is 48.5 Å². The average molecular weight is 410 g/mol. The number of imide groups is 1. The van der Waals surface area contributed by atoms with E-state index in [-0.39, 0.29) is 12.7 Å². The van der Waals surface area contributed by atoms with Crippen molar-refractivity contribution in [3.05, 3.63) is 59.7 Å². The van der Waals surface area contributed by atoms with Gasteiger partial charge in [-0.3, -0.25) is 19.9 Å². The molecule has 8 nitrogen and oxygen atoms in total. The molecule has 30 heavy (non-hydrogen) atoms. The van der Waals surface area contributed by atoms with Gasteiger partial charge in [0.15, 0.2) is 11.5 Å². The van der Waals surface area contributed by atoms with Gasteiger partial charge in [0, 0.05) is 39.8 Å². The van der Waals surface area contributed by atoms with E-state index in [4.69, 9.17) is 9.47 Å². The largest absolute Gasteiger partial charge is 0.454 e. The van der Waals surface area contributed by atoms with Crippen molar-refractivity contribution >= 4 is 11.9 Å². The quantitative estimate of drug-likeness (QED) is 0.781. The van der Waals surface area contributed by atoms with Crippen LogP contribution >= 0.6 is 0 Å². The first-order valence-electron chi connectivity index (χ1n) is 10.1. The minimum atomic E-state index is -0.504. The molecule has 3 amide bonds. The Hall–Kier alpha value is -3.10. The number of rotatable bonds is 5. The minimum Gasteiger partial charge on any atom is -0.454 e. The van der Waals surface area contributed by atoms with Crippen LogP contribution in [-0.4, -0.2) is 61.8 Å². The Kier molecular flexibility index (Phi) is 6.15. The van der Waals surface area contributed by atoms with Crippen molar-refractivity contribution in [1.82, 2.24) is 20.4 Å². The molecule has 2 aromatic rings. The fraction of sp³-hybridized carbons (Fsp3) is 0.364. The van der Waals surface area contributed by atoms with E-state index >= 15 is 0 Å². The summed E-state index contributed by atoms with van der Waals surface area (Å²) in [6.45, 7) is 4.19. The first-order chi connectivity index (χ1) is 14.6. The summed E-state index contributed by atoms with van der Waals surface area (Å²) >= 11 is 0. The van der Waals surface area contributed by atoms with Crippen molar-refractivity contribution < 1.29 is 19.1 Å². The Bertz CT molecular complexity index is 897. The topological polar surface area (TPSA) is 83.1 Å². The third kappa shape index (κ3) is 4.55. The lowest BCUT2D eigenvalue weighted by Gasteiger charge is -2.38. The highest BCUT2D eigenvalue weighted by molar-refractivity contribution is 5.97. The van der Waals surface area contributed by atoms with E-state index < -0.39 is 12.1 Å². The fourth-order valence-corrected chi connectivity index (χ4v) is 3.88. The monoisotopic (exact) mass is 410 g/mol. The van der Waals surface area contributed by atoms with Gasteiger partial charge < -0.3 is 14.8 Å². The van der Waals surface area contributed by atoms with Crippen LogP contribution in [0.5, 0.6) is 11.5 Å². The Morgan fingerprint density at radius 2 is 1.73 bits per heavy atom. The molecule has 158 valence electrons. The maximum absolute atomic E-state index is 12.8. The zero-order valence-corrected chi connectivity index (χ0v) is 17.0. The third-order valence-corrected chi connectivity index (χ3v) is 5.44. The summed E-state index contributed by atoms with van der Waals surface area (Å²) in [5.74, 6) is 1.27. The Morgan fingerprint density at radius 3 is 2.47 bits per heavy atom. The van der Waals surface area contributed by atoms with Crippen LogP contribution in [0.1, 0.15) is 17.2 Å². The zero-order valence-electron chi connectivity index (χ0n) is 17.0. The number of hydrogen-bond acceptors (Lipinski definition) is 6. The van der Waals surface area contributed by atoms with E-state index in [2.05, 4.69) is 26.5 Å². The molecule has 0 aromatic heterocycles. The van der Waals surface area contributed by atoms with Gasteiger partial charge in [-0.1, -0.05) is 36.4 Å². The predicted molar refractivity (Wildman–Crippen MR) is 111 cm³/mol. The summed E-state index contributed by atoms with van der Waals surface area (Å²) in [6.07, 6.45) is 0. The zero-order chi connectivity index (χ0) is 20.9. The lowest BCUT2D eigenvalue weighted by molar-refractivity contribution is -0.126. The number of amides is 3. The number of nitrogens with zero attached hydrogens (tertiary/aromatic N) is 2. The molecule has 0 saturated carbocycles. The van der Waals surface area contributed by atoms with Crippen molar-refractivity contribution in [1.29, 1.82) is 0 Å². The van der Waals surface area contributed by atoms with Gasteiger partial charge in [-0.2, -0.15) is 0 Å². The normalized spacial score (nSPS) is 17.4. The van der Waals surface area contributed by atoms with Crippen molar-refractivity contribution in [3.8, 4) is 11.5 Å². The van der Waals surface area contributed by atoms with E-state index in [1.165, 1.54) is 12.6 Å². The minimum absolute atomic E-state index is 0.274. The highest BCUT2D eigenvalue weighted by Gasteiger charge is 2.31. The van der Waals surface area contributed by atoms with E-state index in [9.17, 15) is 9.59 Å².